The molecule has 2 amide bonds. The maximum atomic E-state index is 13.1. The quantitative estimate of drug-likeness (QED) is 0.641. The van der Waals surface area contributed by atoms with E-state index in [-0.39, 0.29) is 18.6 Å². The molecule has 36 heavy (non-hydrogen) atoms. The van der Waals surface area contributed by atoms with Gasteiger partial charge in [-0.1, -0.05) is 25.3 Å². The number of carbonyl (C=O) groups excluding carboxylic acids is 2. The summed E-state index contributed by atoms with van der Waals surface area (Å²) in [4.78, 5) is 30.0. The molecule has 0 atom stereocenters. The Bertz CT molecular complexity index is 1070. The fourth-order valence-electron chi connectivity index (χ4n) is 4.94. The fourth-order valence-corrected chi connectivity index (χ4v) is 4.94. The van der Waals surface area contributed by atoms with E-state index in [2.05, 4.69) is 24.1 Å². The lowest BCUT2D eigenvalue weighted by atomic mass is 10.0. The van der Waals surface area contributed by atoms with Crippen LogP contribution >= 0.6 is 0 Å². The van der Waals surface area contributed by atoms with Crippen molar-refractivity contribution in [3.63, 3.8) is 0 Å². The number of hydrogen-bond acceptors (Lipinski definition) is 5. The monoisotopic (exact) mass is 493 g/mol. The number of nitrogens with one attached hydrogen (secondary N) is 1. The molecule has 2 aromatic carbocycles. The predicted molar refractivity (Wildman–Crippen MR) is 142 cm³/mol. The summed E-state index contributed by atoms with van der Waals surface area (Å²) in [5.41, 5.74) is 3.66. The Morgan fingerprint density at radius 1 is 0.944 bits per heavy atom. The fraction of sp³-hybridized carbons (Fsp3) is 0.517. The van der Waals surface area contributed by atoms with Gasteiger partial charge in [0.15, 0.2) is 11.5 Å². The third-order valence-corrected chi connectivity index (χ3v) is 7.08. The maximum Gasteiger partial charge on any atom is 0.251 e. The highest BCUT2D eigenvalue weighted by Gasteiger charge is 2.21. The van der Waals surface area contributed by atoms with Gasteiger partial charge in [-0.15, -0.1) is 0 Å². The van der Waals surface area contributed by atoms with Gasteiger partial charge in [-0.3, -0.25) is 14.5 Å². The summed E-state index contributed by atoms with van der Waals surface area (Å²) in [6.45, 7) is 9.27. The Morgan fingerprint density at radius 2 is 1.69 bits per heavy atom. The third kappa shape index (κ3) is 6.58. The van der Waals surface area contributed by atoms with Gasteiger partial charge >= 0.3 is 0 Å². The Balaban J connectivity index is 1.50. The van der Waals surface area contributed by atoms with Crippen molar-refractivity contribution in [1.82, 2.24) is 10.2 Å². The largest absolute Gasteiger partial charge is 0.454 e. The smallest absolute Gasteiger partial charge is 0.251 e. The van der Waals surface area contributed by atoms with Crippen LogP contribution in [-0.2, 0) is 17.8 Å². The van der Waals surface area contributed by atoms with Crippen molar-refractivity contribution in [1.29, 1.82) is 0 Å². The van der Waals surface area contributed by atoms with Crippen LogP contribution in [-0.4, -0.2) is 49.2 Å². The Morgan fingerprint density at radius 3 is 2.47 bits per heavy atom. The normalized spacial score (nSPS) is 16.7. The van der Waals surface area contributed by atoms with Crippen LogP contribution < -0.4 is 19.7 Å². The van der Waals surface area contributed by atoms with E-state index >= 15 is 0 Å². The van der Waals surface area contributed by atoms with Gasteiger partial charge in [-0.2, -0.15) is 0 Å². The van der Waals surface area contributed by atoms with Crippen LogP contribution in [0, 0.1) is 0 Å². The molecule has 2 heterocycles. The Kier molecular flexibility index (Phi) is 8.86. The van der Waals surface area contributed by atoms with Crippen LogP contribution in [0.4, 0.5) is 5.69 Å². The van der Waals surface area contributed by atoms with E-state index in [1.54, 1.807) is 6.92 Å². The van der Waals surface area contributed by atoms with E-state index in [9.17, 15) is 9.59 Å². The summed E-state index contributed by atoms with van der Waals surface area (Å²) < 4.78 is 10.8. The van der Waals surface area contributed by atoms with Crippen molar-refractivity contribution in [2.24, 2.45) is 0 Å². The van der Waals surface area contributed by atoms with Crippen molar-refractivity contribution >= 4 is 17.5 Å². The number of ether oxygens (including phenoxy) is 2. The standard InChI is InChI=1S/C29H39N3O4/c1-21(2)31-15-7-5-4-6-8-16-32(22(3)33)26-11-10-24(18-25(26)19-31)29(34)30-14-13-23-9-12-27-28(17-23)36-20-35-27/h9-12,17-18,21H,4-8,13-16,19-20H2,1-3H3,(H,30,34). The van der Waals surface area contributed by atoms with Crippen LogP contribution in [0.25, 0.3) is 0 Å². The molecule has 0 saturated heterocycles. The summed E-state index contributed by atoms with van der Waals surface area (Å²) in [7, 11) is 0. The molecule has 7 heteroatoms. The molecule has 2 aliphatic rings. The van der Waals surface area contributed by atoms with Gasteiger partial charge in [0.05, 0.1) is 0 Å². The predicted octanol–water partition coefficient (Wildman–Crippen LogP) is 4.92. The highest BCUT2D eigenvalue weighted by atomic mass is 16.7. The molecule has 0 saturated carbocycles. The highest BCUT2D eigenvalue weighted by Crippen LogP contribution is 2.32. The summed E-state index contributed by atoms with van der Waals surface area (Å²) in [6.07, 6.45) is 6.41. The topological polar surface area (TPSA) is 71.1 Å². The SMILES string of the molecule is CC(=O)N1CCCCCCCN(C(C)C)Cc2cc(C(=O)NCCc3ccc4c(c3)OCO4)ccc21. The average molecular weight is 494 g/mol. The van der Waals surface area contributed by atoms with Crippen molar-refractivity contribution in [3.8, 4) is 11.5 Å². The van der Waals surface area contributed by atoms with E-state index in [0.29, 0.717) is 31.1 Å². The van der Waals surface area contributed by atoms with Gasteiger partial charge < -0.3 is 19.7 Å². The average Bonchev–Trinajstić information content (AvgIpc) is 3.32. The number of rotatable bonds is 5. The molecule has 1 N–H and O–H groups in total. The maximum absolute atomic E-state index is 13.1. The molecule has 0 aliphatic carbocycles. The van der Waals surface area contributed by atoms with Crippen LogP contribution in [0.15, 0.2) is 36.4 Å². The molecular formula is C29H39N3O4. The second kappa shape index (κ2) is 12.3. The highest BCUT2D eigenvalue weighted by molar-refractivity contribution is 5.97. The van der Waals surface area contributed by atoms with Gasteiger partial charge in [-0.25, -0.2) is 0 Å². The first-order valence-corrected chi connectivity index (χ1v) is 13.2. The van der Waals surface area contributed by atoms with Crippen molar-refractivity contribution in [2.75, 3.05) is 31.3 Å². The molecule has 0 radical (unpaired) electrons. The van der Waals surface area contributed by atoms with Crippen molar-refractivity contribution in [2.45, 2.75) is 71.9 Å². The van der Waals surface area contributed by atoms with Crippen molar-refractivity contribution in [3.05, 3.63) is 53.1 Å². The van der Waals surface area contributed by atoms with Gasteiger partial charge in [0.2, 0.25) is 12.7 Å². The van der Waals surface area contributed by atoms with Crippen LogP contribution in [0.3, 0.4) is 0 Å². The number of amides is 2. The summed E-state index contributed by atoms with van der Waals surface area (Å²) in [5.74, 6) is 1.46. The lowest BCUT2D eigenvalue weighted by molar-refractivity contribution is -0.116. The minimum atomic E-state index is -0.102. The molecule has 0 spiro atoms. The van der Waals surface area contributed by atoms with Gasteiger partial charge in [0, 0.05) is 43.9 Å². The van der Waals surface area contributed by atoms with E-state index in [1.807, 2.05) is 41.3 Å². The van der Waals surface area contributed by atoms with Crippen molar-refractivity contribution < 1.29 is 19.1 Å². The van der Waals surface area contributed by atoms with Gasteiger partial charge in [0.1, 0.15) is 0 Å². The zero-order valence-corrected chi connectivity index (χ0v) is 21.8. The lowest BCUT2D eigenvalue weighted by Crippen LogP contribution is -2.35. The number of benzene rings is 2. The van der Waals surface area contributed by atoms with E-state index in [4.69, 9.17) is 9.47 Å². The Hall–Kier alpha value is -3.06. The summed E-state index contributed by atoms with van der Waals surface area (Å²) in [6, 6.07) is 12.0. The first-order chi connectivity index (χ1) is 17.4. The number of fused-ring (bicyclic) bond motifs is 2. The van der Waals surface area contributed by atoms with E-state index in [0.717, 1.165) is 54.2 Å². The third-order valence-electron chi connectivity index (χ3n) is 7.08. The number of nitrogens with zero attached hydrogens (tertiary/aromatic N) is 2. The van der Waals surface area contributed by atoms with Crippen LogP contribution in [0.1, 0.15) is 74.4 Å². The minimum Gasteiger partial charge on any atom is -0.454 e. The number of carbonyl (C=O) groups is 2. The van der Waals surface area contributed by atoms with E-state index < -0.39 is 0 Å². The zero-order valence-electron chi connectivity index (χ0n) is 21.8. The molecule has 2 aromatic rings. The van der Waals surface area contributed by atoms with E-state index in [1.165, 1.54) is 19.3 Å². The molecule has 0 bridgehead atoms. The zero-order chi connectivity index (χ0) is 25.5. The first-order valence-electron chi connectivity index (χ1n) is 13.2. The van der Waals surface area contributed by atoms with Gasteiger partial charge in [-0.05, 0) is 81.1 Å². The van der Waals surface area contributed by atoms with Crippen LogP contribution in [0.5, 0.6) is 11.5 Å². The van der Waals surface area contributed by atoms with Gasteiger partial charge in [0.25, 0.3) is 5.91 Å². The molecule has 7 nitrogen and oxygen atoms in total. The molecule has 2 aliphatic heterocycles. The molecule has 194 valence electrons. The second-order valence-electron chi connectivity index (χ2n) is 10.0. The summed E-state index contributed by atoms with van der Waals surface area (Å²) >= 11 is 0. The molecule has 4 rings (SSSR count). The molecule has 0 aromatic heterocycles. The molecule has 0 fully saturated rings. The number of anilines is 1. The second-order valence-corrected chi connectivity index (χ2v) is 10.0. The number of hydrogen-bond donors (Lipinski definition) is 1. The van der Waals surface area contributed by atoms with Crippen LogP contribution in [0.2, 0.25) is 0 Å². The molecular weight excluding hydrogens is 454 g/mol. The molecule has 0 unspecified atom stereocenters. The lowest BCUT2D eigenvalue weighted by Gasteiger charge is -2.31. The minimum absolute atomic E-state index is 0.0466. The summed E-state index contributed by atoms with van der Waals surface area (Å²) in [5, 5.41) is 3.05. The first kappa shape index (κ1) is 26.0. The Labute approximate surface area is 214 Å².